The Kier molecular flexibility index (Phi) is 5.04. The SMILES string of the molecule is CC(C)(C)OC(=O)N1CCCC(O)(C2(CO)CCCOC2)C1. The van der Waals surface area contributed by atoms with Gasteiger partial charge in [0.2, 0.25) is 0 Å². The van der Waals surface area contributed by atoms with Gasteiger partial charge in [-0.15, -0.1) is 0 Å². The molecule has 2 atom stereocenters. The van der Waals surface area contributed by atoms with Crippen molar-refractivity contribution in [1.29, 1.82) is 0 Å². The highest BCUT2D eigenvalue weighted by Crippen LogP contribution is 2.44. The Morgan fingerprint density at radius 2 is 2.05 bits per heavy atom. The summed E-state index contributed by atoms with van der Waals surface area (Å²) in [5.41, 5.74) is -2.38. The minimum Gasteiger partial charge on any atom is -0.444 e. The quantitative estimate of drug-likeness (QED) is 0.808. The number of piperidine rings is 1. The van der Waals surface area contributed by atoms with Crippen LogP contribution in [0, 0.1) is 5.41 Å². The number of aliphatic hydroxyl groups excluding tert-OH is 1. The second-order valence-corrected chi connectivity index (χ2v) is 7.63. The molecule has 0 spiro atoms. The lowest BCUT2D eigenvalue weighted by molar-refractivity contribution is -0.187. The molecule has 1 amide bonds. The molecule has 0 bridgehead atoms. The first-order valence-electron chi connectivity index (χ1n) is 8.10. The van der Waals surface area contributed by atoms with Crippen molar-refractivity contribution in [1.82, 2.24) is 4.90 Å². The molecular formula is C16H29NO5. The van der Waals surface area contributed by atoms with Gasteiger partial charge in [-0.25, -0.2) is 4.79 Å². The van der Waals surface area contributed by atoms with Crippen LogP contribution in [0.25, 0.3) is 0 Å². The Morgan fingerprint density at radius 1 is 1.32 bits per heavy atom. The fourth-order valence-corrected chi connectivity index (χ4v) is 3.44. The molecule has 2 heterocycles. The van der Waals surface area contributed by atoms with Crippen LogP contribution in [0.3, 0.4) is 0 Å². The molecule has 0 radical (unpaired) electrons. The van der Waals surface area contributed by atoms with Gasteiger partial charge >= 0.3 is 6.09 Å². The lowest BCUT2D eigenvalue weighted by Crippen LogP contribution is -2.63. The van der Waals surface area contributed by atoms with Gasteiger partial charge in [0.1, 0.15) is 5.60 Å². The summed E-state index contributed by atoms with van der Waals surface area (Å²) in [4.78, 5) is 13.8. The second kappa shape index (κ2) is 6.34. The number of rotatable bonds is 2. The maximum absolute atomic E-state index is 12.3. The molecule has 2 aliphatic heterocycles. The van der Waals surface area contributed by atoms with Crippen LogP contribution in [-0.2, 0) is 9.47 Å². The van der Waals surface area contributed by atoms with Gasteiger partial charge in [-0.05, 0) is 46.5 Å². The molecular weight excluding hydrogens is 286 g/mol. The number of ether oxygens (including phenoxy) is 2. The normalized spacial score (nSPS) is 33.6. The number of carbonyl (C=O) groups excluding carboxylic acids is 1. The third-order valence-corrected chi connectivity index (χ3v) is 4.73. The first kappa shape index (κ1) is 17.5. The van der Waals surface area contributed by atoms with Crippen molar-refractivity contribution in [2.45, 2.75) is 57.7 Å². The van der Waals surface area contributed by atoms with Gasteiger partial charge in [0.15, 0.2) is 0 Å². The highest BCUT2D eigenvalue weighted by atomic mass is 16.6. The fourth-order valence-electron chi connectivity index (χ4n) is 3.44. The third-order valence-electron chi connectivity index (χ3n) is 4.73. The maximum Gasteiger partial charge on any atom is 0.410 e. The highest BCUT2D eigenvalue weighted by Gasteiger charge is 2.53. The van der Waals surface area contributed by atoms with E-state index >= 15 is 0 Å². The van der Waals surface area contributed by atoms with E-state index in [1.54, 1.807) is 4.90 Å². The molecule has 6 nitrogen and oxygen atoms in total. The van der Waals surface area contributed by atoms with E-state index in [2.05, 4.69) is 0 Å². The number of hydrogen-bond acceptors (Lipinski definition) is 5. The number of hydrogen-bond donors (Lipinski definition) is 2. The monoisotopic (exact) mass is 315 g/mol. The molecule has 0 aromatic rings. The van der Waals surface area contributed by atoms with Crippen molar-refractivity contribution in [2.75, 3.05) is 32.9 Å². The summed E-state index contributed by atoms with van der Waals surface area (Å²) in [7, 11) is 0. The van der Waals surface area contributed by atoms with Gasteiger partial charge in [0.05, 0.1) is 25.4 Å². The Morgan fingerprint density at radius 3 is 2.59 bits per heavy atom. The van der Waals surface area contributed by atoms with E-state index in [-0.39, 0.29) is 13.2 Å². The molecule has 128 valence electrons. The van der Waals surface area contributed by atoms with Crippen molar-refractivity contribution in [3.05, 3.63) is 0 Å². The van der Waals surface area contributed by atoms with Crippen LogP contribution in [0.4, 0.5) is 4.79 Å². The lowest BCUT2D eigenvalue weighted by atomic mass is 9.65. The van der Waals surface area contributed by atoms with Gasteiger partial charge in [-0.2, -0.15) is 0 Å². The number of likely N-dealkylation sites (tertiary alicyclic amines) is 1. The molecule has 0 aromatic carbocycles. The van der Waals surface area contributed by atoms with Crippen LogP contribution in [0.1, 0.15) is 46.5 Å². The molecule has 2 aliphatic rings. The lowest BCUT2D eigenvalue weighted by Gasteiger charge is -2.52. The number of carbonyl (C=O) groups is 1. The number of β-amino-alcohol motifs (C(OH)–C–C–N with tert-alkyl or cyclic N) is 1. The molecule has 0 aromatic heterocycles. The Labute approximate surface area is 132 Å². The second-order valence-electron chi connectivity index (χ2n) is 7.63. The van der Waals surface area contributed by atoms with Crippen molar-refractivity contribution in [3.63, 3.8) is 0 Å². The summed E-state index contributed by atoms with van der Waals surface area (Å²) in [6, 6.07) is 0. The minimum atomic E-state index is -1.13. The van der Waals surface area contributed by atoms with Crippen molar-refractivity contribution in [3.8, 4) is 0 Å². The average molecular weight is 315 g/mol. The van der Waals surface area contributed by atoms with Crippen molar-refractivity contribution < 1.29 is 24.5 Å². The standard InChI is InChI=1S/C16H29NO5/c1-14(2,3)22-13(19)17-8-4-7-16(20,10-17)15(11-18)6-5-9-21-12-15/h18,20H,4-12H2,1-3H3. The molecule has 2 rings (SSSR count). The Bertz CT molecular complexity index is 400. The van der Waals surface area contributed by atoms with Crippen LogP contribution in [0.2, 0.25) is 0 Å². The largest absolute Gasteiger partial charge is 0.444 e. The number of aliphatic hydroxyl groups is 2. The molecule has 6 heteroatoms. The van der Waals surface area contributed by atoms with Gasteiger partial charge < -0.3 is 24.6 Å². The van der Waals surface area contributed by atoms with E-state index in [9.17, 15) is 15.0 Å². The Hall–Kier alpha value is -0.850. The van der Waals surface area contributed by atoms with E-state index in [4.69, 9.17) is 9.47 Å². The van der Waals surface area contributed by atoms with Gasteiger partial charge in [0.25, 0.3) is 0 Å². The topological polar surface area (TPSA) is 79.2 Å². The van der Waals surface area contributed by atoms with E-state index in [1.807, 2.05) is 20.8 Å². The number of amides is 1. The molecule has 2 unspecified atom stereocenters. The van der Waals surface area contributed by atoms with Crippen LogP contribution in [-0.4, -0.2) is 65.3 Å². The van der Waals surface area contributed by atoms with Gasteiger partial charge in [-0.1, -0.05) is 0 Å². The highest BCUT2D eigenvalue weighted by molar-refractivity contribution is 5.68. The zero-order chi connectivity index (χ0) is 16.4. The van der Waals surface area contributed by atoms with Crippen LogP contribution < -0.4 is 0 Å². The summed E-state index contributed by atoms with van der Waals surface area (Å²) >= 11 is 0. The molecule has 2 saturated heterocycles. The summed E-state index contributed by atoms with van der Waals surface area (Å²) in [5.74, 6) is 0. The van der Waals surface area contributed by atoms with Crippen LogP contribution in [0.5, 0.6) is 0 Å². The zero-order valence-corrected chi connectivity index (χ0v) is 13.9. The van der Waals surface area contributed by atoms with Crippen LogP contribution >= 0.6 is 0 Å². The Balaban J connectivity index is 2.12. The van der Waals surface area contributed by atoms with E-state index in [0.717, 1.165) is 6.42 Å². The fraction of sp³-hybridized carbons (Fsp3) is 0.938. The smallest absolute Gasteiger partial charge is 0.410 e. The summed E-state index contributed by atoms with van der Waals surface area (Å²) in [5, 5.41) is 21.1. The first-order chi connectivity index (χ1) is 10.2. The third kappa shape index (κ3) is 3.55. The van der Waals surface area contributed by atoms with Crippen molar-refractivity contribution in [2.24, 2.45) is 5.41 Å². The zero-order valence-electron chi connectivity index (χ0n) is 13.9. The molecule has 0 aliphatic carbocycles. The van der Waals surface area contributed by atoms with Gasteiger partial charge in [-0.3, -0.25) is 0 Å². The summed E-state index contributed by atoms with van der Waals surface area (Å²) in [6.45, 7) is 7.09. The molecule has 2 N–H and O–H groups in total. The molecule has 2 fully saturated rings. The predicted molar refractivity (Wildman–Crippen MR) is 81.6 cm³/mol. The first-order valence-corrected chi connectivity index (χ1v) is 8.10. The van der Waals surface area contributed by atoms with E-state index in [1.165, 1.54) is 0 Å². The summed E-state index contributed by atoms with van der Waals surface area (Å²) < 4.78 is 10.9. The predicted octanol–water partition coefficient (Wildman–Crippen LogP) is 1.54. The number of nitrogens with zero attached hydrogens (tertiary/aromatic N) is 1. The average Bonchev–Trinajstić information content (AvgIpc) is 2.46. The van der Waals surface area contributed by atoms with Gasteiger partial charge in [0, 0.05) is 18.6 Å². The van der Waals surface area contributed by atoms with E-state index < -0.39 is 22.7 Å². The summed E-state index contributed by atoms with van der Waals surface area (Å²) in [6.07, 6.45) is 2.38. The van der Waals surface area contributed by atoms with Crippen molar-refractivity contribution >= 4 is 6.09 Å². The molecule has 0 saturated carbocycles. The van der Waals surface area contributed by atoms with E-state index in [0.29, 0.717) is 39.0 Å². The minimum absolute atomic E-state index is 0.133. The van der Waals surface area contributed by atoms with Crippen LogP contribution in [0.15, 0.2) is 0 Å². The molecule has 22 heavy (non-hydrogen) atoms. The maximum atomic E-state index is 12.3.